The molecule has 0 bridgehead atoms. The summed E-state index contributed by atoms with van der Waals surface area (Å²) in [5.74, 6) is 3.88. The molecule has 88 heavy (non-hydrogen) atoms. The quantitative estimate of drug-likeness (QED) is 0.124. The number of hydrogen-bond acceptors (Lipinski definition) is 9. The molecule has 0 aliphatic carbocycles. The number of benzene rings is 11. The fourth-order valence-corrected chi connectivity index (χ4v) is 11.9. The van der Waals surface area contributed by atoms with Crippen LogP contribution in [-0.2, 0) is 0 Å². The summed E-state index contributed by atoms with van der Waals surface area (Å²) in [7, 11) is 0. The maximum absolute atomic E-state index is 11.7. The zero-order valence-corrected chi connectivity index (χ0v) is 47.1. The van der Waals surface area contributed by atoms with Crippen molar-refractivity contribution >= 4 is 43.6 Å². The molecule has 0 N–H and O–H groups in total. The third-order valence-electron chi connectivity index (χ3n) is 16.1. The molecule has 0 aliphatic heterocycles. The van der Waals surface area contributed by atoms with E-state index >= 15 is 0 Å². The predicted molar refractivity (Wildman–Crippen MR) is 351 cm³/mol. The normalized spacial score (nSPS) is 11.4. The van der Waals surface area contributed by atoms with E-state index in [1.165, 1.54) is 0 Å². The topological polar surface area (TPSA) is 137 Å². The van der Waals surface area contributed by atoms with Crippen molar-refractivity contribution in [3.8, 4) is 120 Å². The van der Waals surface area contributed by atoms with Gasteiger partial charge >= 0.3 is 0 Å². The molecule has 11 nitrogen and oxygen atoms in total. The second-order valence-corrected chi connectivity index (χ2v) is 21.4. The van der Waals surface area contributed by atoms with Gasteiger partial charge in [-0.2, -0.15) is 5.26 Å². The van der Waals surface area contributed by atoms with E-state index in [2.05, 4.69) is 130 Å². The Labute approximate surface area is 505 Å². The van der Waals surface area contributed by atoms with Crippen LogP contribution in [0.5, 0.6) is 0 Å². The lowest BCUT2D eigenvalue weighted by Gasteiger charge is -2.19. The van der Waals surface area contributed by atoms with Crippen molar-refractivity contribution in [2.45, 2.75) is 0 Å². The fraction of sp³-hybridized carbons (Fsp3) is 0. The first-order chi connectivity index (χ1) is 43.6. The van der Waals surface area contributed by atoms with E-state index in [9.17, 15) is 5.26 Å². The molecule has 0 amide bonds. The summed E-state index contributed by atoms with van der Waals surface area (Å²) in [6.45, 7) is 0. The largest absolute Gasteiger partial charge is 0.308 e. The monoisotopic (exact) mass is 1130 g/mol. The van der Waals surface area contributed by atoms with E-state index in [-0.39, 0.29) is 0 Å². The minimum Gasteiger partial charge on any atom is -0.308 e. The van der Waals surface area contributed by atoms with Crippen LogP contribution in [0.2, 0.25) is 0 Å². The van der Waals surface area contributed by atoms with Crippen molar-refractivity contribution in [2.24, 2.45) is 0 Å². The Hall–Kier alpha value is -12.4. The van der Waals surface area contributed by atoms with Crippen LogP contribution < -0.4 is 0 Å². The van der Waals surface area contributed by atoms with Crippen LogP contribution in [0.4, 0.5) is 0 Å². The van der Waals surface area contributed by atoms with E-state index in [4.69, 9.17) is 39.9 Å². The highest BCUT2D eigenvalue weighted by molar-refractivity contribution is 6.12. The van der Waals surface area contributed by atoms with Gasteiger partial charge in [-0.25, -0.2) is 39.9 Å². The second-order valence-electron chi connectivity index (χ2n) is 21.4. The van der Waals surface area contributed by atoms with Crippen molar-refractivity contribution < 1.29 is 0 Å². The van der Waals surface area contributed by atoms with Gasteiger partial charge in [0.25, 0.3) is 0 Å². The molecule has 11 heteroatoms. The first-order valence-corrected chi connectivity index (χ1v) is 29.0. The highest BCUT2D eigenvalue weighted by Gasteiger charge is 2.26. The highest BCUT2D eigenvalue weighted by Crippen LogP contribution is 2.43. The van der Waals surface area contributed by atoms with Gasteiger partial charge in [-0.1, -0.05) is 218 Å². The SMILES string of the molecule is N#Cc1cc(-n2c3ccccc3c3cc(-c4nc(-c5ccccc5)nc(-c5ccccc5)n4)ccc32)c(-c2nc(-c3ccccc3)cc(-c3ccccc3)n2)cc1-n1c2ccccc2c2cc(-c3nc(-c4ccccc4)nc(-c4ccccc4)n3)ccc21. The van der Waals surface area contributed by atoms with E-state index < -0.39 is 0 Å². The summed E-state index contributed by atoms with van der Waals surface area (Å²) in [4.78, 5) is 41.4. The summed E-state index contributed by atoms with van der Waals surface area (Å²) >= 11 is 0. The molecule has 5 aromatic heterocycles. The minimum absolute atomic E-state index is 0.445. The van der Waals surface area contributed by atoms with Crippen LogP contribution in [0, 0.1) is 11.3 Å². The van der Waals surface area contributed by atoms with Crippen molar-refractivity contribution in [1.82, 2.24) is 49.0 Å². The lowest BCUT2D eigenvalue weighted by molar-refractivity contribution is 1.07. The van der Waals surface area contributed by atoms with Crippen LogP contribution in [0.15, 0.2) is 285 Å². The Morgan fingerprint density at radius 1 is 0.239 bits per heavy atom. The summed E-state index contributed by atoms with van der Waals surface area (Å²) in [5, 5.41) is 15.6. The average molecular weight is 1130 g/mol. The van der Waals surface area contributed by atoms with Gasteiger partial charge in [0.05, 0.1) is 50.4 Å². The lowest BCUT2D eigenvalue weighted by Crippen LogP contribution is -2.06. The van der Waals surface area contributed by atoms with E-state index in [1.54, 1.807) is 0 Å². The average Bonchev–Trinajstić information content (AvgIpc) is 2.67. The van der Waals surface area contributed by atoms with Gasteiger partial charge in [0, 0.05) is 71.6 Å². The molecule has 0 saturated carbocycles. The molecule has 0 radical (unpaired) electrons. The first kappa shape index (κ1) is 51.3. The number of fused-ring (bicyclic) bond motifs is 6. The summed E-state index contributed by atoms with van der Waals surface area (Å²) in [6, 6.07) is 98.7. The number of nitriles is 1. The van der Waals surface area contributed by atoms with Gasteiger partial charge in [0.1, 0.15) is 6.07 Å². The highest BCUT2D eigenvalue weighted by atomic mass is 15.1. The molecule has 0 spiro atoms. The van der Waals surface area contributed by atoms with Crippen molar-refractivity contribution in [3.05, 3.63) is 291 Å². The number of aromatic nitrogens is 10. The summed E-state index contributed by atoms with van der Waals surface area (Å²) in [5.41, 5.74) is 14.8. The first-order valence-electron chi connectivity index (χ1n) is 29.0. The molecular weight excluding hydrogens is 1080 g/mol. The van der Waals surface area contributed by atoms with Gasteiger partial charge in [0.2, 0.25) is 0 Å². The molecule has 11 aromatic carbocycles. The number of para-hydroxylation sites is 2. The lowest BCUT2D eigenvalue weighted by atomic mass is 10.0. The molecule has 0 aliphatic rings. The Balaban J connectivity index is 0.935. The molecule has 0 fully saturated rings. The molecular formula is C77H47N11. The molecule has 16 aromatic rings. The zero-order chi connectivity index (χ0) is 58.5. The van der Waals surface area contributed by atoms with Gasteiger partial charge in [-0.05, 0) is 66.7 Å². The Morgan fingerprint density at radius 3 is 0.932 bits per heavy atom. The summed E-state index contributed by atoms with van der Waals surface area (Å²) < 4.78 is 4.44. The van der Waals surface area contributed by atoms with Gasteiger partial charge in [-0.3, -0.25) is 0 Å². The van der Waals surface area contributed by atoms with Crippen LogP contribution >= 0.6 is 0 Å². The standard InChI is InChI=1S/C77H47N11/c78-48-57-45-70(88-66-38-22-20-36-59(66)61-44-56(40-42-68(61)88)76-85-73(53-31-15-5-16-32-53)82-74(86-76)54-33-17-6-18-34-54)62(77-79-63(49-23-7-1-8-24-49)47-64(80-77)50-25-9-2-10-26-50)46-69(57)87-65-37-21-19-35-58(65)60-43-55(39-41-67(60)87)75-83-71(51-27-11-3-12-28-51)81-72(84-75)52-29-13-4-14-30-52/h1-47H. The van der Waals surface area contributed by atoms with Crippen molar-refractivity contribution in [1.29, 1.82) is 5.26 Å². The predicted octanol–water partition coefficient (Wildman–Crippen LogP) is 17.9. The van der Waals surface area contributed by atoms with Gasteiger partial charge < -0.3 is 9.13 Å². The smallest absolute Gasteiger partial charge is 0.164 e. The minimum atomic E-state index is 0.445. The van der Waals surface area contributed by atoms with Gasteiger partial charge in [-0.15, -0.1) is 0 Å². The third-order valence-corrected chi connectivity index (χ3v) is 16.1. The maximum atomic E-state index is 11.7. The summed E-state index contributed by atoms with van der Waals surface area (Å²) in [6.07, 6.45) is 0. The molecule has 0 unspecified atom stereocenters. The van der Waals surface area contributed by atoms with Crippen LogP contribution in [0.25, 0.3) is 157 Å². The van der Waals surface area contributed by atoms with Crippen LogP contribution in [-0.4, -0.2) is 49.0 Å². The Kier molecular flexibility index (Phi) is 12.6. The molecule has 16 rings (SSSR count). The van der Waals surface area contributed by atoms with E-state index in [0.29, 0.717) is 57.6 Å². The van der Waals surface area contributed by atoms with Crippen molar-refractivity contribution in [3.63, 3.8) is 0 Å². The van der Waals surface area contributed by atoms with Crippen LogP contribution in [0.1, 0.15) is 5.56 Å². The molecule has 0 atom stereocenters. The van der Waals surface area contributed by atoms with Crippen LogP contribution in [0.3, 0.4) is 0 Å². The second kappa shape index (κ2) is 21.7. The Bertz CT molecular complexity index is 5200. The van der Waals surface area contributed by atoms with E-state index in [0.717, 1.165) is 105 Å². The van der Waals surface area contributed by atoms with Gasteiger partial charge in [0.15, 0.2) is 40.8 Å². The molecule has 410 valence electrons. The zero-order valence-electron chi connectivity index (χ0n) is 47.1. The number of hydrogen-bond donors (Lipinski definition) is 0. The van der Waals surface area contributed by atoms with E-state index in [1.807, 2.05) is 170 Å². The fourth-order valence-electron chi connectivity index (χ4n) is 11.9. The Morgan fingerprint density at radius 2 is 0.557 bits per heavy atom. The number of nitrogens with zero attached hydrogens (tertiary/aromatic N) is 11. The number of rotatable bonds is 11. The van der Waals surface area contributed by atoms with Crippen molar-refractivity contribution in [2.75, 3.05) is 0 Å². The third kappa shape index (κ3) is 9.18. The molecule has 5 heterocycles. The molecule has 0 saturated heterocycles. The maximum Gasteiger partial charge on any atom is 0.164 e.